The van der Waals surface area contributed by atoms with Crippen molar-refractivity contribution >= 4 is 28.4 Å². The molecule has 3 amide bonds. The van der Waals surface area contributed by atoms with Crippen LogP contribution in [0.2, 0.25) is 0 Å². The van der Waals surface area contributed by atoms with Gasteiger partial charge in [0.25, 0.3) is 5.91 Å². The number of urea groups is 1. The molecule has 3 aromatic carbocycles. The lowest BCUT2D eigenvalue weighted by Crippen LogP contribution is -2.43. The van der Waals surface area contributed by atoms with E-state index in [2.05, 4.69) is 16.2 Å². The van der Waals surface area contributed by atoms with Gasteiger partial charge in [-0.05, 0) is 29.7 Å². The van der Waals surface area contributed by atoms with Crippen LogP contribution >= 0.6 is 0 Å². The fourth-order valence-corrected chi connectivity index (χ4v) is 2.44. The minimum absolute atomic E-state index is 0.379. The van der Waals surface area contributed by atoms with Gasteiger partial charge in [-0.2, -0.15) is 0 Å². The third kappa shape index (κ3) is 3.87. The van der Waals surface area contributed by atoms with Crippen molar-refractivity contribution in [3.05, 3.63) is 72.3 Å². The van der Waals surface area contributed by atoms with Gasteiger partial charge in [-0.3, -0.25) is 10.2 Å². The zero-order valence-electron chi connectivity index (χ0n) is 13.6. The molecule has 0 bridgehead atoms. The molecule has 3 rings (SSSR count). The summed E-state index contributed by atoms with van der Waals surface area (Å²) >= 11 is 0. The molecule has 3 aromatic rings. The number of fused-ring (bicyclic) bond motifs is 1. The van der Waals surface area contributed by atoms with E-state index in [0.717, 1.165) is 10.8 Å². The van der Waals surface area contributed by atoms with Crippen LogP contribution in [-0.2, 0) is 0 Å². The monoisotopic (exact) mass is 335 g/mol. The number of hydrogen-bond acceptors (Lipinski definition) is 3. The van der Waals surface area contributed by atoms with Crippen LogP contribution < -0.4 is 20.9 Å². The van der Waals surface area contributed by atoms with Crippen molar-refractivity contribution in [2.45, 2.75) is 0 Å². The Bertz CT molecular complexity index is 919. The van der Waals surface area contributed by atoms with E-state index < -0.39 is 11.9 Å². The highest BCUT2D eigenvalue weighted by atomic mass is 16.5. The molecule has 0 aliphatic heterocycles. The summed E-state index contributed by atoms with van der Waals surface area (Å²) < 4.78 is 5.07. The first kappa shape index (κ1) is 16.3. The van der Waals surface area contributed by atoms with Crippen LogP contribution in [0.5, 0.6) is 5.75 Å². The zero-order valence-corrected chi connectivity index (χ0v) is 13.6. The summed E-state index contributed by atoms with van der Waals surface area (Å²) in [5.41, 5.74) is 5.74. The zero-order chi connectivity index (χ0) is 17.6. The molecule has 0 spiro atoms. The summed E-state index contributed by atoms with van der Waals surface area (Å²) in [6.07, 6.45) is 0. The van der Waals surface area contributed by atoms with E-state index >= 15 is 0 Å². The molecule has 0 atom stereocenters. The van der Waals surface area contributed by atoms with Crippen molar-refractivity contribution in [3.63, 3.8) is 0 Å². The van der Waals surface area contributed by atoms with E-state index in [1.807, 2.05) is 36.4 Å². The van der Waals surface area contributed by atoms with Gasteiger partial charge in [0.1, 0.15) is 5.75 Å². The first-order valence-electron chi connectivity index (χ1n) is 7.66. The Morgan fingerprint density at radius 3 is 2.48 bits per heavy atom. The second-order valence-corrected chi connectivity index (χ2v) is 5.29. The average Bonchev–Trinajstić information content (AvgIpc) is 2.66. The Balaban J connectivity index is 1.63. The lowest BCUT2D eigenvalue weighted by Gasteiger charge is -2.11. The van der Waals surface area contributed by atoms with Crippen LogP contribution in [0.15, 0.2) is 66.7 Å². The van der Waals surface area contributed by atoms with Crippen molar-refractivity contribution in [3.8, 4) is 5.75 Å². The third-order valence-corrected chi connectivity index (χ3v) is 3.66. The summed E-state index contributed by atoms with van der Waals surface area (Å²) in [7, 11) is 1.52. The van der Waals surface area contributed by atoms with Gasteiger partial charge in [-0.1, -0.05) is 42.5 Å². The van der Waals surface area contributed by atoms with Gasteiger partial charge in [-0.25, -0.2) is 10.2 Å². The quantitative estimate of drug-likeness (QED) is 0.643. The average molecular weight is 335 g/mol. The van der Waals surface area contributed by atoms with E-state index in [0.29, 0.717) is 17.0 Å². The number of carbonyl (C=O) groups is 2. The van der Waals surface area contributed by atoms with E-state index in [4.69, 9.17) is 4.74 Å². The second kappa shape index (κ2) is 7.35. The van der Waals surface area contributed by atoms with E-state index in [1.165, 1.54) is 7.11 Å². The summed E-state index contributed by atoms with van der Waals surface area (Å²) in [6, 6.07) is 19.4. The SMILES string of the molecule is COc1cccc(C(=O)NNC(=O)Nc2cccc3ccccc23)c1. The van der Waals surface area contributed by atoms with Crippen LogP contribution in [0, 0.1) is 0 Å². The fraction of sp³-hybridized carbons (Fsp3) is 0.0526. The van der Waals surface area contributed by atoms with Crippen molar-refractivity contribution in [2.75, 3.05) is 12.4 Å². The number of amides is 3. The first-order chi connectivity index (χ1) is 12.2. The molecule has 6 heteroatoms. The Morgan fingerprint density at radius 1 is 0.880 bits per heavy atom. The van der Waals surface area contributed by atoms with E-state index in [9.17, 15) is 9.59 Å². The predicted octanol–water partition coefficient (Wildman–Crippen LogP) is 3.31. The smallest absolute Gasteiger partial charge is 0.337 e. The number of ether oxygens (including phenoxy) is 1. The number of rotatable bonds is 3. The van der Waals surface area contributed by atoms with Gasteiger partial charge >= 0.3 is 6.03 Å². The molecule has 126 valence electrons. The lowest BCUT2D eigenvalue weighted by atomic mass is 10.1. The first-order valence-corrected chi connectivity index (χ1v) is 7.66. The summed E-state index contributed by atoms with van der Waals surface area (Å²) in [5.74, 6) is 0.125. The molecule has 0 aromatic heterocycles. The van der Waals surface area contributed by atoms with Gasteiger partial charge in [0.15, 0.2) is 0 Å². The Labute approximate surface area is 144 Å². The number of anilines is 1. The van der Waals surface area contributed by atoms with Crippen molar-refractivity contribution in [2.24, 2.45) is 0 Å². The molecule has 0 heterocycles. The molecule has 0 aliphatic rings. The van der Waals surface area contributed by atoms with E-state index in [-0.39, 0.29) is 0 Å². The number of hydrazine groups is 1. The molecular weight excluding hydrogens is 318 g/mol. The van der Waals surface area contributed by atoms with E-state index in [1.54, 1.807) is 30.3 Å². The van der Waals surface area contributed by atoms with Crippen LogP contribution in [0.3, 0.4) is 0 Å². The minimum atomic E-state index is -0.535. The Hall–Kier alpha value is -3.54. The molecule has 0 saturated carbocycles. The number of carbonyl (C=O) groups excluding carboxylic acids is 2. The van der Waals surface area contributed by atoms with Crippen molar-refractivity contribution in [1.29, 1.82) is 0 Å². The normalized spacial score (nSPS) is 10.1. The number of methoxy groups -OCH3 is 1. The van der Waals surface area contributed by atoms with Crippen molar-refractivity contribution in [1.82, 2.24) is 10.9 Å². The highest BCUT2D eigenvalue weighted by Gasteiger charge is 2.09. The Kier molecular flexibility index (Phi) is 4.80. The molecule has 6 nitrogen and oxygen atoms in total. The minimum Gasteiger partial charge on any atom is -0.497 e. The second-order valence-electron chi connectivity index (χ2n) is 5.29. The summed E-state index contributed by atoms with van der Waals surface area (Å²) in [6.45, 7) is 0. The molecule has 0 fully saturated rings. The largest absolute Gasteiger partial charge is 0.497 e. The highest BCUT2D eigenvalue weighted by Crippen LogP contribution is 2.22. The van der Waals surface area contributed by atoms with Crippen LogP contribution in [0.25, 0.3) is 10.8 Å². The molecule has 0 unspecified atom stereocenters. The van der Waals surface area contributed by atoms with Gasteiger partial charge in [-0.15, -0.1) is 0 Å². The number of benzene rings is 3. The molecule has 25 heavy (non-hydrogen) atoms. The topological polar surface area (TPSA) is 79.5 Å². The molecule has 0 radical (unpaired) electrons. The molecular formula is C19H17N3O3. The number of hydrogen-bond donors (Lipinski definition) is 3. The Morgan fingerprint density at radius 2 is 1.64 bits per heavy atom. The van der Waals surface area contributed by atoms with Crippen LogP contribution in [0.4, 0.5) is 10.5 Å². The standard InChI is InChI=1S/C19H17N3O3/c1-25-15-9-4-8-14(12-15)18(23)21-22-19(24)20-17-11-5-7-13-6-2-3-10-16(13)17/h2-12H,1H3,(H,21,23)(H2,20,22,24). The van der Waals surface area contributed by atoms with Crippen LogP contribution in [0.1, 0.15) is 10.4 Å². The third-order valence-electron chi connectivity index (χ3n) is 3.66. The maximum Gasteiger partial charge on any atom is 0.337 e. The van der Waals surface area contributed by atoms with Crippen molar-refractivity contribution < 1.29 is 14.3 Å². The maximum atomic E-state index is 12.1. The molecule has 0 aliphatic carbocycles. The van der Waals surface area contributed by atoms with Gasteiger partial charge in [0, 0.05) is 10.9 Å². The van der Waals surface area contributed by atoms with Gasteiger partial charge < -0.3 is 10.1 Å². The predicted molar refractivity (Wildman–Crippen MR) is 96.6 cm³/mol. The maximum absolute atomic E-state index is 12.1. The lowest BCUT2D eigenvalue weighted by molar-refractivity contribution is 0.0937. The van der Waals surface area contributed by atoms with Gasteiger partial charge in [0.2, 0.25) is 0 Å². The molecule has 3 N–H and O–H groups in total. The van der Waals surface area contributed by atoms with Gasteiger partial charge in [0.05, 0.1) is 12.8 Å². The highest BCUT2D eigenvalue weighted by molar-refractivity contribution is 6.02. The molecule has 0 saturated heterocycles. The summed E-state index contributed by atoms with van der Waals surface area (Å²) in [4.78, 5) is 24.1. The summed E-state index contributed by atoms with van der Waals surface area (Å²) in [5, 5.41) is 4.66. The van der Waals surface area contributed by atoms with Crippen LogP contribution in [-0.4, -0.2) is 19.0 Å². The number of nitrogens with one attached hydrogen (secondary N) is 3. The fourth-order valence-electron chi connectivity index (χ4n) is 2.44.